The van der Waals surface area contributed by atoms with Gasteiger partial charge in [0.05, 0.1) is 10.7 Å². The average Bonchev–Trinajstić information content (AvgIpc) is 2.46. The number of ether oxygens (including phenoxy) is 1. The standard InChI is InChI=1S/C16H21IN2O3/c1-9(2)7-11-15(20)19-12(16(21)18-11)8-10-5-4-6-13(22-3)14(10)17/h4-6,9,11-12H,7-8H2,1-3H3,(H,18,21)(H,19,20)/t11-,12?/m0/s1. The zero-order chi connectivity index (χ0) is 16.3. The minimum atomic E-state index is -0.531. The summed E-state index contributed by atoms with van der Waals surface area (Å²) in [5.41, 5.74) is 0.989. The van der Waals surface area contributed by atoms with Crippen LogP contribution >= 0.6 is 22.6 Å². The van der Waals surface area contributed by atoms with Crippen LogP contribution in [0.25, 0.3) is 0 Å². The number of hydrogen-bond donors (Lipinski definition) is 2. The quantitative estimate of drug-likeness (QED) is 0.721. The molecule has 1 saturated heterocycles. The van der Waals surface area contributed by atoms with Crippen LogP contribution in [-0.4, -0.2) is 31.0 Å². The molecule has 0 radical (unpaired) electrons. The summed E-state index contributed by atoms with van der Waals surface area (Å²) in [6.45, 7) is 4.06. The lowest BCUT2D eigenvalue weighted by atomic mass is 9.97. The van der Waals surface area contributed by atoms with Crippen LogP contribution in [0, 0.1) is 9.49 Å². The molecular formula is C16H21IN2O3. The number of carbonyl (C=O) groups is 2. The second-order valence-corrected chi connectivity index (χ2v) is 6.97. The number of rotatable bonds is 5. The van der Waals surface area contributed by atoms with Gasteiger partial charge in [-0.1, -0.05) is 26.0 Å². The molecule has 1 unspecified atom stereocenters. The van der Waals surface area contributed by atoms with Crippen LogP contribution in [0.2, 0.25) is 0 Å². The SMILES string of the molecule is COc1cccc(CC2NC(=O)[C@H](CC(C)C)NC2=O)c1I. The van der Waals surface area contributed by atoms with E-state index in [1.54, 1.807) is 7.11 Å². The fraction of sp³-hybridized carbons (Fsp3) is 0.500. The van der Waals surface area contributed by atoms with Crippen LogP contribution in [0.3, 0.4) is 0 Å². The number of hydrogen-bond acceptors (Lipinski definition) is 3. The van der Waals surface area contributed by atoms with Gasteiger partial charge in [0.15, 0.2) is 0 Å². The second kappa shape index (κ2) is 7.30. The molecule has 6 heteroatoms. The van der Waals surface area contributed by atoms with Crippen LogP contribution in [0.1, 0.15) is 25.8 Å². The van der Waals surface area contributed by atoms with E-state index in [-0.39, 0.29) is 11.8 Å². The van der Waals surface area contributed by atoms with Gasteiger partial charge in [0.1, 0.15) is 17.8 Å². The van der Waals surface area contributed by atoms with Gasteiger partial charge in [0, 0.05) is 6.42 Å². The third-order valence-electron chi connectivity index (χ3n) is 3.66. The van der Waals surface area contributed by atoms with Gasteiger partial charge in [-0.05, 0) is 46.6 Å². The summed E-state index contributed by atoms with van der Waals surface area (Å²) < 4.78 is 6.25. The molecule has 0 bridgehead atoms. The Morgan fingerprint density at radius 2 is 1.82 bits per heavy atom. The Morgan fingerprint density at radius 1 is 1.18 bits per heavy atom. The Labute approximate surface area is 144 Å². The average molecular weight is 416 g/mol. The summed E-state index contributed by atoms with van der Waals surface area (Å²) in [5.74, 6) is 0.908. The molecule has 2 rings (SSSR count). The lowest BCUT2D eigenvalue weighted by Crippen LogP contribution is -2.62. The third-order valence-corrected chi connectivity index (χ3v) is 4.88. The fourth-order valence-corrected chi connectivity index (χ4v) is 3.35. The Bertz CT molecular complexity index is 575. The van der Waals surface area contributed by atoms with Crippen LogP contribution in [-0.2, 0) is 16.0 Å². The summed E-state index contributed by atoms with van der Waals surface area (Å²) in [5, 5.41) is 5.67. The van der Waals surface area contributed by atoms with Gasteiger partial charge in [-0.25, -0.2) is 0 Å². The normalized spacial score (nSPS) is 21.5. The van der Waals surface area contributed by atoms with E-state index < -0.39 is 12.1 Å². The minimum Gasteiger partial charge on any atom is -0.496 e. The third kappa shape index (κ3) is 3.91. The second-order valence-electron chi connectivity index (χ2n) is 5.89. The van der Waals surface area contributed by atoms with Gasteiger partial charge >= 0.3 is 0 Å². The molecule has 2 amide bonds. The molecule has 1 heterocycles. The molecule has 5 nitrogen and oxygen atoms in total. The van der Waals surface area contributed by atoms with Gasteiger partial charge in [-0.15, -0.1) is 0 Å². The van der Waals surface area contributed by atoms with E-state index >= 15 is 0 Å². The maximum absolute atomic E-state index is 12.2. The van der Waals surface area contributed by atoms with Gasteiger partial charge in [0.25, 0.3) is 0 Å². The molecule has 0 aliphatic carbocycles. The summed E-state index contributed by atoms with van der Waals surface area (Å²) in [6, 6.07) is 4.76. The number of benzene rings is 1. The molecule has 22 heavy (non-hydrogen) atoms. The lowest BCUT2D eigenvalue weighted by Gasteiger charge is -2.30. The van der Waals surface area contributed by atoms with Gasteiger partial charge in [-0.2, -0.15) is 0 Å². The molecule has 1 aromatic carbocycles. The predicted molar refractivity (Wildman–Crippen MR) is 92.7 cm³/mol. The topological polar surface area (TPSA) is 67.4 Å². The monoisotopic (exact) mass is 416 g/mol. The van der Waals surface area contributed by atoms with Crippen molar-refractivity contribution in [3.63, 3.8) is 0 Å². The zero-order valence-corrected chi connectivity index (χ0v) is 15.1. The Morgan fingerprint density at radius 3 is 2.45 bits per heavy atom. The smallest absolute Gasteiger partial charge is 0.243 e. The van der Waals surface area contributed by atoms with Crippen LogP contribution in [0.15, 0.2) is 18.2 Å². The molecular weight excluding hydrogens is 395 g/mol. The molecule has 2 N–H and O–H groups in total. The molecule has 1 aliphatic heterocycles. The zero-order valence-electron chi connectivity index (χ0n) is 13.0. The van der Waals surface area contributed by atoms with E-state index in [0.717, 1.165) is 14.9 Å². The first kappa shape index (κ1) is 17.1. The van der Waals surface area contributed by atoms with E-state index in [1.807, 2.05) is 32.0 Å². The minimum absolute atomic E-state index is 0.101. The first-order valence-electron chi connectivity index (χ1n) is 7.34. The largest absolute Gasteiger partial charge is 0.496 e. The highest BCUT2D eigenvalue weighted by Crippen LogP contribution is 2.25. The van der Waals surface area contributed by atoms with Crippen LogP contribution in [0.4, 0.5) is 0 Å². The summed E-state index contributed by atoms with van der Waals surface area (Å²) in [6.07, 6.45) is 1.11. The molecule has 0 aromatic heterocycles. The Balaban J connectivity index is 2.09. The maximum Gasteiger partial charge on any atom is 0.243 e. The molecule has 1 fully saturated rings. The molecule has 0 spiro atoms. The number of piperazine rings is 1. The van der Waals surface area contributed by atoms with E-state index in [2.05, 4.69) is 33.2 Å². The van der Waals surface area contributed by atoms with Crippen molar-refractivity contribution in [2.24, 2.45) is 5.92 Å². The summed E-state index contributed by atoms with van der Waals surface area (Å²) in [7, 11) is 1.62. The first-order valence-corrected chi connectivity index (χ1v) is 8.42. The van der Waals surface area contributed by atoms with Crippen molar-refractivity contribution in [3.05, 3.63) is 27.3 Å². The van der Waals surface area contributed by atoms with E-state index in [1.165, 1.54) is 0 Å². The number of nitrogens with one attached hydrogen (secondary N) is 2. The fourth-order valence-electron chi connectivity index (χ4n) is 2.55. The molecule has 2 atom stereocenters. The van der Waals surface area contributed by atoms with Crippen molar-refractivity contribution in [1.29, 1.82) is 0 Å². The summed E-state index contributed by atoms with van der Waals surface area (Å²) in [4.78, 5) is 24.4. The molecule has 1 aliphatic rings. The van der Waals surface area contributed by atoms with Crippen LogP contribution < -0.4 is 15.4 Å². The molecule has 120 valence electrons. The lowest BCUT2D eigenvalue weighted by molar-refractivity contribution is -0.137. The van der Waals surface area contributed by atoms with Crippen LogP contribution in [0.5, 0.6) is 5.75 Å². The van der Waals surface area contributed by atoms with Crippen molar-refractivity contribution in [2.45, 2.75) is 38.8 Å². The highest BCUT2D eigenvalue weighted by molar-refractivity contribution is 14.1. The van der Waals surface area contributed by atoms with Gasteiger partial charge < -0.3 is 15.4 Å². The van der Waals surface area contributed by atoms with Crippen molar-refractivity contribution < 1.29 is 14.3 Å². The van der Waals surface area contributed by atoms with Gasteiger partial charge in [-0.3, -0.25) is 9.59 Å². The number of halogens is 1. The number of carbonyl (C=O) groups excluding carboxylic acids is 2. The van der Waals surface area contributed by atoms with E-state index in [0.29, 0.717) is 18.8 Å². The number of methoxy groups -OCH3 is 1. The molecule has 0 saturated carbocycles. The highest BCUT2D eigenvalue weighted by atomic mass is 127. The predicted octanol–water partition coefficient (Wildman–Crippen LogP) is 1.87. The maximum atomic E-state index is 12.2. The van der Waals surface area contributed by atoms with Gasteiger partial charge in [0.2, 0.25) is 11.8 Å². The first-order chi connectivity index (χ1) is 10.4. The van der Waals surface area contributed by atoms with Crippen molar-refractivity contribution in [1.82, 2.24) is 10.6 Å². The Kier molecular flexibility index (Phi) is 5.66. The molecule has 1 aromatic rings. The summed E-state index contributed by atoms with van der Waals surface area (Å²) >= 11 is 2.20. The van der Waals surface area contributed by atoms with E-state index in [9.17, 15) is 9.59 Å². The van der Waals surface area contributed by atoms with Crippen molar-refractivity contribution in [2.75, 3.05) is 7.11 Å². The van der Waals surface area contributed by atoms with Crippen molar-refractivity contribution >= 4 is 34.4 Å². The highest BCUT2D eigenvalue weighted by Gasteiger charge is 2.34. The van der Waals surface area contributed by atoms with Crippen molar-refractivity contribution in [3.8, 4) is 5.75 Å². The van der Waals surface area contributed by atoms with E-state index in [4.69, 9.17) is 4.74 Å². The number of amides is 2. The Hall–Kier alpha value is -1.31.